The zero-order valence-corrected chi connectivity index (χ0v) is 11.7. The van der Waals surface area contributed by atoms with Crippen molar-refractivity contribution in [1.29, 1.82) is 0 Å². The average molecular weight is 284 g/mol. The van der Waals surface area contributed by atoms with Crippen LogP contribution in [0.25, 0.3) is 0 Å². The molecule has 2 aromatic carbocycles. The lowest BCUT2D eigenvalue weighted by Gasteiger charge is -2.30. The van der Waals surface area contributed by atoms with Crippen LogP contribution in [0.5, 0.6) is 0 Å². The number of anilines is 1. The summed E-state index contributed by atoms with van der Waals surface area (Å²) in [5.41, 5.74) is 9.44. The third-order valence-corrected chi connectivity index (χ3v) is 3.91. The summed E-state index contributed by atoms with van der Waals surface area (Å²) >= 11 is 0. The highest BCUT2D eigenvalue weighted by molar-refractivity contribution is 5.96. The van der Waals surface area contributed by atoms with Crippen molar-refractivity contribution in [2.75, 3.05) is 4.90 Å². The quantitative estimate of drug-likeness (QED) is 0.942. The molecule has 0 aromatic heterocycles. The van der Waals surface area contributed by atoms with E-state index in [0.717, 1.165) is 23.2 Å². The number of nitrogens with zero attached hydrogens (tertiary/aromatic N) is 1. The summed E-state index contributed by atoms with van der Waals surface area (Å²) in [6, 6.07) is 12.5. The predicted molar refractivity (Wildman–Crippen MR) is 80.2 cm³/mol. The largest absolute Gasteiger partial charge is 0.326 e. The fourth-order valence-corrected chi connectivity index (χ4v) is 2.78. The number of aryl methyl sites for hydroxylation is 1. The second-order valence-corrected chi connectivity index (χ2v) is 5.23. The number of amides is 1. The number of halogens is 1. The molecule has 3 rings (SSSR count). The lowest BCUT2D eigenvalue weighted by atomic mass is 9.99. The summed E-state index contributed by atoms with van der Waals surface area (Å²) in [7, 11) is 0. The Morgan fingerprint density at radius 2 is 1.90 bits per heavy atom. The van der Waals surface area contributed by atoms with Gasteiger partial charge >= 0.3 is 0 Å². The average Bonchev–Trinajstić information content (AvgIpc) is 2.51. The molecule has 0 saturated carbocycles. The van der Waals surface area contributed by atoms with Crippen LogP contribution in [-0.4, -0.2) is 5.91 Å². The molecule has 4 heteroatoms. The molecule has 1 heterocycles. The Morgan fingerprint density at radius 3 is 2.71 bits per heavy atom. The molecule has 0 atom stereocenters. The van der Waals surface area contributed by atoms with Crippen LogP contribution in [0.2, 0.25) is 0 Å². The van der Waals surface area contributed by atoms with Gasteiger partial charge in [0.1, 0.15) is 5.82 Å². The molecule has 1 amide bonds. The third-order valence-electron chi connectivity index (χ3n) is 3.91. The number of benzene rings is 2. The van der Waals surface area contributed by atoms with E-state index in [-0.39, 0.29) is 18.3 Å². The van der Waals surface area contributed by atoms with E-state index in [1.807, 2.05) is 24.3 Å². The van der Waals surface area contributed by atoms with E-state index in [4.69, 9.17) is 5.73 Å². The smallest absolute Gasteiger partial charge is 0.227 e. The van der Waals surface area contributed by atoms with E-state index in [1.165, 1.54) is 17.7 Å². The minimum absolute atomic E-state index is 0.0981. The van der Waals surface area contributed by atoms with Gasteiger partial charge in [0.05, 0.1) is 6.54 Å². The van der Waals surface area contributed by atoms with Crippen molar-refractivity contribution in [3.05, 3.63) is 65.0 Å². The van der Waals surface area contributed by atoms with Crippen LogP contribution in [0, 0.1) is 5.82 Å². The van der Waals surface area contributed by atoms with Gasteiger partial charge in [-0.3, -0.25) is 4.79 Å². The molecule has 0 bridgehead atoms. The zero-order valence-electron chi connectivity index (χ0n) is 11.7. The van der Waals surface area contributed by atoms with Crippen molar-refractivity contribution in [1.82, 2.24) is 0 Å². The molecule has 0 aliphatic carbocycles. The molecule has 0 fully saturated rings. The standard InChI is InChI=1S/C17H17FN2O/c18-15-7-5-13(14(9-15)10-19)11-20-16-4-2-1-3-12(16)6-8-17(20)21/h1-5,7,9H,6,8,10-11,19H2. The Balaban J connectivity index is 1.96. The van der Waals surface area contributed by atoms with Crippen LogP contribution in [0.3, 0.4) is 0 Å². The zero-order chi connectivity index (χ0) is 14.8. The second-order valence-electron chi connectivity index (χ2n) is 5.23. The van der Waals surface area contributed by atoms with Gasteiger partial charge in [-0.1, -0.05) is 24.3 Å². The summed E-state index contributed by atoms with van der Waals surface area (Å²) in [5.74, 6) is -0.203. The molecule has 1 aliphatic rings. The highest BCUT2D eigenvalue weighted by Crippen LogP contribution is 2.29. The van der Waals surface area contributed by atoms with Gasteiger partial charge in [-0.2, -0.15) is 0 Å². The van der Waals surface area contributed by atoms with Crippen molar-refractivity contribution < 1.29 is 9.18 Å². The molecule has 2 aromatic rings. The maximum Gasteiger partial charge on any atom is 0.227 e. The van der Waals surface area contributed by atoms with Gasteiger partial charge in [0, 0.05) is 18.7 Å². The molecule has 0 saturated heterocycles. The van der Waals surface area contributed by atoms with Gasteiger partial charge in [-0.25, -0.2) is 4.39 Å². The number of hydrogen-bond acceptors (Lipinski definition) is 2. The SMILES string of the molecule is NCc1cc(F)ccc1CN1C(=O)CCc2ccccc21. The van der Waals surface area contributed by atoms with Crippen LogP contribution < -0.4 is 10.6 Å². The first-order chi connectivity index (χ1) is 10.2. The molecule has 0 unspecified atom stereocenters. The number of nitrogens with two attached hydrogens (primary N) is 1. The first kappa shape index (κ1) is 13.8. The van der Waals surface area contributed by atoms with Crippen molar-refractivity contribution in [3.8, 4) is 0 Å². The number of carbonyl (C=O) groups is 1. The summed E-state index contributed by atoms with van der Waals surface area (Å²) in [5, 5.41) is 0. The topological polar surface area (TPSA) is 46.3 Å². The number of carbonyl (C=O) groups excluding carboxylic acids is 1. The highest BCUT2D eigenvalue weighted by Gasteiger charge is 2.24. The lowest BCUT2D eigenvalue weighted by molar-refractivity contribution is -0.119. The van der Waals surface area contributed by atoms with Crippen LogP contribution in [0.4, 0.5) is 10.1 Å². The van der Waals surface area contributed by atoms with Crippen molar-refractivity contribution >= 4 is 11.6 Å². The fraction of sp³-hybridized carbons (Fsp3) is 0.235. The van der Waals surface area contributed by atoms with Gasteiger partial charge < -0.3 is 10.6 Å². The van der Waals surface area contributed by atoms with E-state index >= 15 is 0 Å². The second kappa shape index (κ2) is 5.66. The van der Waals surface area contributed by atoms with E-state index < -0.39 is 0 Å². The molecule has 0 spiro atoms. The Morgan fingerprint density at radius 1 is 1.10 bits per heavy atom. The first-order valence-corrected chi connectivity index (χ1v) is 7.04. The molecule has 1 aliphatic heterocycles. The monoisotopic (exact) mass is 284 g/mol. The Labute approximate surface area is 123 Å². The van der Waals surface area contributed by atoms with Gasteiger partial charge in [-0.05, 0) is 41.3 Å². The van der Waals surface area contributed by atoms with Gasteiger partial charge in [0.25, 0.3) is 0 Å². The molecule has 21 heavy (non-hydrogen) atoms. The van der Waals surface area contributed by atoms with E-state index in [1.54, 1.807) is 11.0 Å². The van der Waals surface area contributed by atoms with Crippen molar-refractivity contribution in [2.24, 2.45) is 5.73 Å². The summed E-state index contributed by atoms with van der Waals surface area (Å²) in [6.45, 7) is 0.694. The number of para-hydroxylation sites is 1. The van der Waals surface area contributed by atoms with Crippen molar-refractivity contribution in [2.45, 2.75) is 25.9 Å². The maximum atomic E-state index is 13.3. The van der Waals surface area contributed by atoms with E-state index in [0.29, 0.717) is 13.0 Å². The molecule has 108 valence electrons. The highest BCUT2D eigenvalue weighted by atomic mass is 19.1. The normalized spacial score (nSPS) is 14.2. The Hall–Kier alpha value is -2.20. The minimum Gasteiger partial charge on any atom is -0.326 e. The van der Waals surface area contributed by atoms with Crippen LogP contribution in [-0.2, 0) is 24.3 Å². The molecule has 2 N–H and O–H groups in total. The van der Waals surface area contributed by atoms with Gasteiger partial charge in [-0.15, -0.1) is 0 Å². The van der Waals surface area contributed by atoms with E-state index in [9.17, 15) is 9.18 Å². The van der Waals surface area contributed by atoms with Gasteiger partial charge in [0.2, 0.25) is 5.91 Å². The van der Waals surface area contributed by atoms with Crippen LogP contribution in [0.1, 0.15) is 23.1 Å². The fourth-order valence-electron chi connectivity index (χ4n) is 2.78. The number of fused-ring (bicyclic) bond motifs is 1. The molecular weight excluding hydrogens is 267 g/mol. The number of rotatable bonds is 3. The number of hydrogen-bond donors (Lipinski definition) is 1. The van der Waals surface area contributed by atoms with Crippen molar-refractivity contribution in [3.63, 3.8) is 0 Å². The summed E-state index contributed by atoms with van der Waals surface area (Å²) in [4.78, 5) is 14.0. The Bertz CT molecular complexity index is 684. The van der Waals surface area contributed by atoms with Gasteiger partial charge in [0.15, 0.2) is 0 Å². The van der Waals surface area contributed by atoms with E-state index in [2.05, 4.69) is 0 Å². The summed E-state index contributed by atoms with van der Waals surface area (Å²) < 4.78 is 13.3. The predicted octanol–water partition coefficient (Wildman–Crippen LogP) is 2.76. The third kappa shape index (κ3) is 2.67. The summed E-state index contributed by atoms with van der Waals surface area (Å²) in [6.07, 6.45) is 1.29. The molecule has 0 radical (unpaired) electrons. The Kier molecular flexibility index (Phi) is 3.71. The first-order valence-electron chi connectivity index (χ1n) is 7.04. The maximum absolute atomic E-state index is 13.3. The van der Waals surface area contributed by atoms with Crippen LogP contribution in [0.15, 0.2) is 42.5 Å². The van der Waals surface area contributed by atoms with Crippen LogP contribution >= 0.6 is 0 Å². The molecule has 3 nitrogen and oxygen atoms in total. The minimum atomic E-state index is -0.301. The molecular formula is C17H17FN2O. The lowest BCUT2D eigenvalue weighted by Crippen LogP contribution is -2.34.